The van der Waals surface area contributed by atoms with Gasteiger partial charge in [-0.3, -0.25) is 14.4 Å². The summed E-state index contributed by atoms with van der Waals surface area (Å²) < 4.78 is 8.27. The first kappa shape index (κ1) is 16.7. The zero-order valence-electron chi connectivity index (χ0n) is 15.9. The van der Waals surface area contributed by atoms with Crippen LogP contribution >= 0.6 is 0 Å². The van der Waals surface area contributed by atoms with Gasteiger partial charge in [0, 0.05) is 41.1 Å². The van der Waals surface area contributed by atoms with Gasteiger partial charge in [-0.05, 0) is 54.6 Å². The van der Waals surface area contributed by atoms with Crippen molar-refractivity contribution in [1.29, 1.82) is 0 Å². The van der Waals surface area contributed by atoms with E-state index in [1.807, 2.05) is 79.3 Å². The summed E-state index contributed by atoms with van der Waals surface area (Å²) in [6.07, 6.45) is 7.38. The molecule has 0 fully saturated rings. The molecule has 0 amide bonds. The minimum atomic E-state index is 0.751. The van der Waals surface area contributed by atoms with E-state index in [2.05, 4.69) is 31.5 Å². The molecule has 0 saturated heterocycles. The Morgan fingerprint density at radius 1 is 0.667 bits per heavy atom. The summed E-state index contributed by atoms with van der Waals surface area (Å²) in [4.78, 5) is 13.6. The van der Waals surface area contributed by atoms with E-state index in [1.54, 1.807) is 6.20 Å². The minimum absolute atomic E-state index is 0.751. The minimum Gasteiger partial charge on any atom is -0.457 e. The zero-order valence-corrected chi connectivity index (χ0v) is 15.9. The highest BCUT2D eigenvalue weighted by Crippen LogP contribution is 2.33. The molecule has 0 aliphatic rings. The highest BCUT2D eigenvalue weighted by molar-refractivity contribution is 6.10. The molecule has 0 spiro atoms. The van der Waals surface area contributed by atoms with Gasteiger partial charge in [0.15, 0.2) is 0 Å². The molecule has 4 heterocycles. The number of rotatable bonds is 3. The van der Waals surface area contributed by atoms with E-state index in [0.29, 0.717) is 0 Å². The quantitative estimate of drug-likeness (QED) is 0.355. The molecule has 0 saturated carbocycles. The van der Waals surface area contributed by atoms with Crippen LogP contribution in [0.1, 0.15) is 0 Å². The van der Waals surface area contributed by atoms with E-state index < -0.39 is 0 Å². The highest BCUT2D eigenvalue weighted by Gasteiger charge is 2.11. The van der Waals surface area contributed by atoms with Crippen molar-refractivity contribution in [1.82, 2.24) is 19.4 Å². The molecule has 2 aromatic carbocycles. The summed E-state index contributed by atoms with van der Waals surface area (Å²) in [5, 5.41) is 2.06. The van der Waals surface area contributed by atoms with Gasteiger partial charge < -0.3 is 4.74 Å². The Morgan fingerprint density at radius 3 is 2.53 bits per heavy atom. The number of hydrogen-bond acceptors (Lipinski definition) is 4. The maximum Gasteiger partial charge on any atom is 0.145 e. The van der Waals surface area contributed by atoms with Crippen molar-refractivity contribution < 1.29 is 4.74 Å². The van der Waals surface area contributed by atoms with Crippen LogP contribution in [-0.2, 0) is 0 Å². The lowest BCUT2D eigenvalue weighted by molar-refractivity contribution is 0.483. The monoisotopic (exact) mass is 388 g/mol. The van der Waals surface area contributed by atoms with Crippen LogP contribution in [0.3, 0.4) is 0 Å². The molecular weight excluding hydrogens is 372 g/mol. The lowest BCUT2D eigenvalue weighted by Crippen LogP contribution is -1.93. The third-order valence-corrected chi connectivity index (χ3v) is 5.20. The topological polar surface area (TPSA) is 52.3 Å². The van der Waals surface area contributed by atoms with Crippen molar-refractivity contribution in [2.24, 2.45) is 0 Å². The summed E-state index contributed by atoms with van der Waals surface area (Å²) in [6, 6.07) is 23.9. The molecule has 30 heavy (non-hydrogen) atoms. The van der Waals surface area contributed by atoms with E-state index in [4.69, 9.17) is 4.74 Å². The Labute approximate surface area is 172 Å². The fourth-order valence-electron chi connectivity index (χ4n) is 3.86. The van der Waals surface area contributed by atoms with E-state index in [9.17, 15) is 0 Å². The number of fused-ring (bicyclic) bond motifs is 6. The van der Waals surface area contributed by atoms with Gasteiger partial charge in [0.05, 0.1) is 16.7 Å². The molecule has 0 bridgehead atoms. The first-order valence-corrected chi connectivity index (χ1v) is 9.70. The number of aromatic nitrogens is 4. The van der Waals surface area contributed by atoms with E-state index >= 15 is 0 Å². The Kier molecular flexibility index (Phi) is 3.71. The molecule has 5 heteroatoms. The number of imidazole rings is 1. The summed E-state index contributed by atoms with van der Waals surface area (Å²) >= 11 is 0. The van der Waals surface area contributed by atoms with Gasteiger partial charge in [0.1, 0.15) is 17.1 Å². The van der Waals surface area contributed by atoms with Gasteiger partial charge in [-0.2, -0.15) is 0 Å². The average molecular weight is 388 g/mol. The third-order valence-electron chi connectivity index (χ3n) is 5.20. The van der Waals surface area contributed by atoms with E-state index in [-0.39, 0.29) is 0 Å². The van der Waals surface area contributed by atoms with Crippen molar-refractivity contribution in [3.63, 3.8) is 0 Å². The standard InChI is InChI=1S/C25H16N4O/c1-2-11-26-22(7-1)17-5-3-6-18(15-17)30-19-9-10-20-21(16-19)25-28-13-14-29(25)23-8-4-12-27-24(20)23/h1-16H. The van der Waals surface area contributed by atoms with Crippen molar-refractivity contribution in [2.45, 2.75) is 0 Å². The maximum atomic E-state index is 6.20. The molecule has 0 atom stereocenters. The van der Waals surface area contributed by atoms with Crippen molar-refractivity contribution in [3.05, 3.63) is 97.6 Å². The summed E-state index contributed by atoms with van der Waals surface area (Å²) in [6.45, 7) is 0. The van der Waals surface area contributed by atoms with Crippen molar-refractivity contribution >= 4 is 27.5 Å². The number of ether oxygens (including phenoxy) is 1. The normalized spacial score (nSPS) is 11.3. The summed E-state index contributed by atoms with van der Waals surface area (Å²) in [7, 11) is 0. The smallest absolute Gasteiger partial charge is 0.145 e. The second-order valence-electron chi connectivity index (χ2n) is 7.04. The molecule has 142 valence electrons. The van der Waals surface area contributed by atoms with Gasteiger partial charge in [-0.25, -0.2) is 4.98 Å². The van der Waals surface area contributed by atoms with Crippen LogP contribution in [0.4, 0.5) is 0 Å². The van der Waals surface area contributed by atoms with Crippen LogP contribution in [0.2, 0.25) is 0 Å². The molecule has 0 N–H and O–H groups in total. The molecule has 4 aromatic heterocycles. The maximum absolute atomic E-state index is 6.20. The number of pyridine rings is 3. The Balaban J connectivity index is 1.46. The van der Waals surface area contributed by atoms with Crippen LogP contribution in [0.15, 0.2) is 97.6 Å². The molecule has 6 rings (SSSR count). The predicted octanol–water partition coefficient (Wildman–Crippen LogP) is 5.89. The van der Waals surface area contributed by atoms with Crippen molar-refractivity contribution in [2.75, 3.05) is 0 Å². The lowest BCUT2D eigenvalue weighted by atomic mass is 10.1. The van der Waals surface area contributed by atoms with Gasteiger partial charge in [0.25, 0.3) is 0 Å². The van der Waals surface area contributed by atoms with E-state index in [1.165, 1.54) is 0 Å². The first-order valence-electron chi connectivity index (χ1n) is 9.70. The fraction of sp³-hybridized carbons (Fsp3) is 0. The zero-order chi connectivity index (χ0) is 19.9. The molecular formula is C25H16N4O. The highest BCUT2D eigenvalue weighted by atomic mass is 16.5. The lowest BCUT2D eigenvalue weighted by Gasteiger charge is -2.11. The largest absolute Gasteiger partial charge is 0.457 e. The third kappa shape index (κ3) is 2.68. The molecule has 0 aliphatic carbocycles. The fourth-order valence-corrected chi connectivity index (χ4v) is 3.86. The summed E-state index contributed by atoms with van der Waals surface area (Å²) in [5.41, 5.74) is 4.80. The molecule has 5 nitrogen and oxygen atoms in total. The second kappa shape index (κ2) is 6.67. The van der Waals surface area contributed by atoms with Crippen molar-refractivity contribution in [3.8, 4) is 22.8 Å². The van der Waals surface area contributed by atoms with Gasteiger partial charge in [-0.15, -0.1) is 0 Å². The second-order valence-corrected chi connectivity index (χ2v) is 7.04. The van der Waals surface area contributed by atoms with Gasteiger partial charge in [-0.1, -0.05) is 18.2 Å². The molecule has 0 radical (unpaired) electrons. The Morgan fingerprint density at radius 2 is 1.60 bits per heavy atom. The van der Waals surface area contributed by atoms with E-state index in [0.717, 1.165) is 50.2 Å². The van der Waals surface area contributed by atoms with Crippen LogP contribution in [-0.4, -0.2) is 19.4 Å². The molecule has 0 aliphatic heterocycles. The Bertz CT molecular complexity index is 1520. The van der Waals surface area contributed by atoms with Crippen LogP contribution in [0.25, 0.3) is 38.7 Å². The number of hydrogen-bond donors (Lipinski definition) is 0. The first-order chi connectivity index (χ1) is 14.9. The van der Waals surface area contributed by atoms with Crippen LogP contribution in [0.5, 0.6) is 11.5 Å². The van der Waals surface area contributed by atoms with Gasteiger partial charge >= 0.3 is 0 Å². The molecule has 6 aromatic rings. The average Bonchev–Trinajstić information content (AvgIpc) is 3.31. The Hall–Kier alpha value is -4.25. The van der Waals surface area contributed by atoms with Gasteiger partial charge in [0.2, 0.25) is 0 Å². The predicted molar refractivity (Wildman–Crippen MR) is 118 cm³/mol. The summed E-state index contributed by atoms with van der Waals surface area (Å²) in [5.74, 6) is 1.51. The SMILES string of the molecule is c1ccc(-c2cccc(Oc3ccc4c(c3)c3nccn3c3cccnc43)c2)nc1. The van der Waals surface area contributed by atoms with Crippen LogP contribution in [0, 0.1) is 0 Å². The molecule has 0 unspecified atom stereocenters. The number of nitrogens with zero attached hydrogens (tertiary/aromatic N) is 4. The number of benzene rings is 2. The van der Waals surface area contributed by atoms with Crippen LogP contribution < -0.4 is 4.74 Å².